The van der Waals surface area contributed by atoms with Gasteiger partial charge in [0.25, 0.3) is 0 Å². The van der Waals surface area contributed by atoms with Gasteiger partial charge in [-0.05, 0) is 12.1 Å². The monoisotopic (exact) mass is 226 g/mol. The van der Waals surface area contributed by atoms with Gasteiger partial charge >= 0.3 is 0 Å². The number of nitrogens with zero attached hydrogens (tertiary/aromatic N) is 1. The molecule has 2 N–H and O–H groups in total. The zero-order valence-corrected chi connectivity index (χ0v) is 8.33. The van der Waals surface area contributed by atoms with E-state index in [1.807, 2.05) is 0 Å². The van der Waals surface area contributed by atoms with E-state index in [0.717, 1.165) is 6.07 Å². The number of nitrogens with two attached hydrogens (primary N) is 1. The Kier molecular flexibility index (Phi) is 2.47. The van der Waals surface area contributed by atoms with Crippen LogP contribution in [0.3, 0.4) is 0 Å². The van der Waals surface area contributed by atoms with Crippen LogP contribution in [0.4, 0.5) is 14.6 Å². The summed E-state index contributed by atoms with van der Waals surface area (Å²) >= 11 is 0. The molecule has 0 atom stereocenters. The third kappa shape index (κ3) is 1.58. The summed E-state index contributed by atoms with van der Waals surface area (Å²) in [5, 5.41) is 3.45. The van der Waals surface area contributed by atoms with Crippen molar-refractivity contribution >= 4 is 5.82 Å². The number of benzene rings is 1. The van der Waals surface area contributed by atoms with E-state index in [9.17, 15) is 8.78 Å². The van der Waals surface area contributed by atoms with Crippen LogP contribution in [0.15, 0.2) is 22.7 Å². The van der Waals surface area contributed by atoms with Crippen molar-refractivity contribution in [3.63, 3.8) is 0 Å². The van der Waals surface area contributed by atoms with Gasteiger partial charge in [0, 0.05) is 6.07 Å². The molecule has 1 aromatic carbocycles. The number of anilines is 1. The number of aromatic nitrogens is 1. The normalized spacial score (nSPS) is 10.4. The van der Waals surface area contributed by atoms with Gasteiger partial charge in [-0.25, -0.2) is 4.39 Å². The van der Waals surface area contributed by atoms with Gasteiger partial charge in [0.1, 0.15) is 0 Å². The first-order valence-corrected chi connectivity index (χ1v) is 4.38. The van der Waals surface area contributed by atoms with Crippen LogP contribution in [0, 0.1) is 11.6 Å². The summed E-state index contributed by atoms with van der Waals surface area (Å²) in [5.74, 6) is -1.94. The molecule has 1 aromatic heterocycles. The molecule has 1 heterocycles. The largest absolute Gasteiger partial charge is 0.493 e. The van der Waals surface area contributed by atoms with Crippen molar-refractivity contribution in [1.82, 2.24) is 5.16 Å². The zero-order chi connectivity index (χ0) is 11.7. The van der Waals surface area contributed by atoms with Crippen LogP contribution < -0.4 is 10.5 Å². The fraction of sp³-hybridized carbons (Fsp3) is 0.100. The van der Waals surface area contributed by atoms with E-state index in [0.29, 0.717) is 0 Å². The van der Waals surface area contributed by atoms with Crippen LogP contribution in [0.5, 0.6) is 5.75 Å². The van der Waals surface area contributed by atoms with Crippen LogP contribution in [-0.4, -0.2) is 12.3 Å². The minimum Gasteiger partial charge on any atom is -0.493 e. The molecule has 0 bridgehead atoms. The molecule has 4 nitrogen and oxygen atoms in total. The quantitative estimate of drug-likeness (QED) is 0.852. The first-order valence-electron chi connectivity index (χ1n) is 4.38. The van der Waals surface area contributed by atoms with Crippen LogP contribution in [0.25, 0.3) is 11.3 Å². The van der Waals surface area contributed by atoms with E-state index >= 15 is 0 Å². The molecule has 2 aromatic rings. The molecule has 0 saturated heterocycles. The van der Waals surface area contributed by atoms with Gasteiger partial charge in [0.05, 0.1) is 12.7 Å². The Balaban J connectivity index is 2.61. The van der Waals surface area contributed by atoms with Crippen molar-refractivity contribution in [3.05, 3.63) is 29.8 Å². The topological polar surface area (TPSA) is 61.3 Å². The standard InChI is InChI=1S/C10H8F2N2O2/c1-15-10-5(2-3-6(11)9(10)12)7-4-8(13)14-16-7/h2-4H,1H3,(H2,13,14). The molecule has 6 heteroatoms. The highest BCUT2D eigenvalue weighted by atomic mass is 19.2. The van der Waals surface area contributed by atoms with Crippen molar-refractivity contribution in [2.24, 2.45) is 0 Å². The van der Waals surface area contributed by atoms with Crippen molar-refractivity contribution in [1.29, 1.82) is 0 Å². The molecule has 0 spiro atoms. The smallest absolute Gasteiger partial charge is 0.201 e. The number of rotatable bonds is 2. The van der Waals surface area contributed by atoms with E-state index in [2.05, 4.69) is 5.16 Å². The second kappa shape index (κ2) is 3.80. The van der Waals surface area contributed by atoms with E-state index in [1.165, 1.54) is 19.2 Å². The number of hydrogen-bond acceptors (Lipinski definition) is 4. The van der Waals surface area contributed by atoms with Gasteiger partial charge < -0.3 is 15.0 Å². The number of ether oxygens (including phenoxy) is 1. The van der Waals surface area contributed by atoms with Gasteiger partial charge in [-0.1, -0.05) is 5.16 Å². The molecule has 2 rings (SSSR count). The Bertz CT molecular complexity index is 526. The lowest BCUT2D eigenvalue weighted by molar-refractivity contribution is 0.369. The van der Waals surface area contributed by atoms with Crippen LogP contribution in [0.2, 0.25) is 0 Å². The molecule has 84 valence electrons. The highest BCUT2D eigenvalue weighted by Gasteiger charge is 2.18. The number of halogens is 2. The fourth-order valence-corrected chi connectivity index (χ4v) is 1.34. The van der Waals surface area contributed by atoms with Gasteiger partial charge in [0.15, 0.2) is 23.1 Å². The third-order valence-corrected chi connectivity index (χ3v) is 2.05. The number of nitrogen functional groups attached to an aromatic ring is 1. The van der Waals surface area contributed by atoms with Crippen LogP contribution in [-0.2, 0) is 0 Å². The number of methoxy groups -OCH3 is 1. The highest BCUT2D eigenvalue weighted by Crippen LogP contribution is 2.34. The van der Waals surface area contributed by atoms with Crippen molar-refractivity contribution in [2.75, 3.05) is 12.8 Å². The predicted octanol–water partition coefficient (Wildman–Crippen LogP) is 2.21. The van der Waals surface area contributed by atoms with E-state index in [4.69, 9.17) is 15.0 Å². The van der Waals surface area contributed by atoms with Crippen molar-refractivity contribution < 1.29 is 18.0 Å². The lowest BCUT2D eigenvalue weighted by Gasteiger charge is -2.06. The summed E-state index contributed by atoms with van der Waals surface area (Å²) in [5.41, 5.74) is 5.62. The number of hydrogen-bond donors (Lipinski definition) is 1. The van der Waals surface area contributed by atoms with E-state index in [-0.39, 0.29) is 22.9 Å². The minimum atomic E-state index is -1.07. The molecule has 0 unspecified atom stereocenters. The zero-order valence-electron chi connectivity index (χ0n) is 8.33. The summed E-state index contributed by atoms with van der Waals surface area (Å²) in [6.07, 6.45) is 0. The SMILES string of the molecule is COc1c(-c2cc(N)no2)ccc(F)c1F. The van der Waals surface area contributed by atoms with Gasteiger partial charge in [0.2, 0.25) is 5.82 Å². The molecular formula is C10H8F2N2O2. The van der Waals surface area contributed by atoms with Crippen LogP contribution >= 0.6 is 0 Å². The maximum atomic E-state index is 13.4. The molecule has 0 fully saturated rings. The summed E-state index contributed by atoms with van der Waals surface area (Å²) < 4.78 is 35.9. The van der Waals surface area contributed by atoms with E-state index in [1.54, 1.807) is 0 Å². The Morgan fingerprint density at radius 2 is 2.12 bits per heavy atom. The Morgan fingerprint density at radius 3 is 2.69 bits per heavy atom. The molecule has 0 radical (unpaired) electrons. The second-order valence-corrected chi connectivity index (χ2v) is 3.06. The Labute approximate surface area is 89.6 Å². The molecular weight excluding hydrogens is 218 g/mol. The fourth-order valence-electron chi connectivity index (χ4n) is 1.34. The van der Waals surface area contributed by atoms with Crippen LogP contribution in [0.1, 0.15) is 0 Å². The predicted molar refractivity (Wildman–Crippen MR) is 52.8 cm³/mol. The minimum absolute atomic E-state index is 0.154. The molecule has 0 saturated carbocycles. The molecule has 0 aliphatic carbocycles. The maximum absolute atomic E-state index is 13.4. The summed E-state index contributed by atoms with van der Waals surface area (Å²) in [6.45, 7) is 0. The van der Waals surface area contributed by atoms with Gasteiger partial charge in [-0.2, -0.15) is 4.39 Å². The van der Waals surface area contributed by atoms with E-state index < -0.39 is 11.6 Å². The van der Waals surface area contributed by atoms with Crippen molar-refractivity contribution in [2.45, 2.75) is 0 Å². The Hall–Kier alpha value is -2.11. The van der Waals surface area contributed by atoms with Gasteiger partial charge in [-0.15, -0.1) is 0 Å². The Morgan fingerprint density at radius 1 is 1.38 bits per heavy atom. The average molecular weight is 226 g/mol. The lowest BCUT2D eigenvalue weighted by atomic mass is 10.1. The van der Waals surface area contributed by atoms with Gasteiger partial charge in [-0.3, -0.25) is 0 Å². The molecule has 0 aliphatic heterocycles. The highest BCUT2D eigenvalue weighted by molar-refractivity contribution is 5.67. The summed E-state index contributed by atoms with van der Waals surface area (Å²) in [6, 6.07) is 3.71. The summed E-state index contributed by atoms with van der Waals surface area (Å²) in [7, 11) is 1.24. The second-order valence-electron chi connectivity index (χ2n) is 3.06. The molecule has 0 aliphatic rings. The first-order chi connectivity index (χ1) is 7.63. The average Bonchev–Trinajstić information content (AvgIpc) is 2.68. The van der Waals surface area contributed by atoms with Crippen molar-refractivity contribution in [3.8, 4) is 17.1 Å². The maximum Gasteiger partial charge on any atom is 0.201 e. The molecule has 0 amide bonds. The molecule has 16 heavy (non-hydrogen) atoms. The summed E-state index contributed by atoms with van der Waals surface area (Å²) in [4.78, 5) is 0. The third-order valence-electron chi connectivity index (χ3n) is 2.05. The first kappa shape index (κ1) is 10.4. The lowest BCUT2D eigenvalue weighted by Crippen LogP contribution is -1.94.